The van der Waals surface area contributed by atoms with Gasteiger partial charge in [0.1, 0.15) is 4.88 Å². The largest absolute Gasteiger partial charge is 0.477 e. The maximum Gasteiger partial charge on any atom is 0.345 e. The summed E-state index contributed by atoms with van der Waals surface area (Å²) in [5.41, 5.74) is 1.22. The lowest BCUT2D eigenvalue weighted by Crippen LogP contribution is -1.89. The molecule has 0 aliphatic carbocycles. The van der Waals surface area contributed by atoms with Gasteiger partial charge in [0.2, 0.25) is 0 Å². The number of aryl methyl sites for hydroxylation is 1. The fourth-order valence-corrected chi connectivity index (χ4v) is 3.79. The van der Waals surface area contributed by atoms with E-state index in [0.717, 1.165) is 16.9 Å². The highest BCUT2D eigenvalue weighted by atomic mass is 35.5. The summed E-state index contributed by atoms with van der Waals surface area (Å²) in [6, 6.07) is 3.02. The first-order valence-corrected chi connectivity index (χ1v) is 7.32. The molecule has 1 N–H and O–H groups in total. The first-order valence-electron chi connectivity index (χ1n) is 5.00. The van der Waals surface area contributed by atoms with Crippen molar-refractivity contribution in [3.8, 4) is 10.4 Å². The number of halogens is 4. The number of carboxylic acid groups (broad SMARTS) is 1. The van der Waals surface area contributed by atoms with E-state index in [1.807, 2.05) is 0 Å². The number of thiophene rings is 1. The second-order valence-corrected chi connectivity index (χ2v) is 6.39. The minimum Gasteiger partial charge on any atom is -0.477 e. The van der Waals surface area contributed by atoms with E-state index in [4.69, 9.17) is 51.5 Å². The monoisotopic (exact) mass is 354 g/mol. The number of benzene rings is 1. The van der Waals surface area contributed by atoms with E-state index >= 15 is 0 Å². The minimum absolute atomic E-state index is 0.204. The van der Waals surface area contributed by atoms with E-state index in [1.165, 1.54) is 6.07 Å². The Kier molecular flexibility index (Phi) is 4.33. The third kappa shape index (κ3) is 2.71. The van der Waals surface area contributed by atoms with Crippen molar-refractivity contribution in [3.63, 3.8) is 0 Å². The molecule has 2 nitrogen and oxygen atoms in total. The topological polar surface area (TPSA) is 37.3 Å². The van der Waals surface area contributed by atoms with Gasteiger partial charge in [0.15, 0.2) is 0 Å². The van der Waals surface area contributed by atoms with Crippen LogP contribution in [-0.4, -0.2) is 11.1 Å². The van der Waals surface area contributed by atoms with Crippen LogP contribution in [0.5, 0.6) is 0 Å². The summed E-state index contributed by atoms with van der Waals surface area (Å²) in [5, 5.41) is 10.1. The van der Waals surface area contributed by atoms with Crippen LogP contribution in [0.15, 0.2) is 12.1 Å². The highest BCUT2D eigenvalue weighted by Gasteiger charge is 2.20. The number of aromatic carboxylic acids is 1. The number of hydrogen-bond donors (Lipinski definition) is 1. The van der Waals surface area contributed by atoms with E-state index in [-0.39, 0.29) is 25.0 Å². The number of carbonyl (C=O) groups is 1. The lowest BCUT2D eigenvalue weighted by atomic mass is 10.1. The van der Waals surface area contributed by atoms with Crippen LogP contribution in [0, 0.1) is 6.92 Å². The number of hydrogen-bond acceptors (Lipinski definition) is 2. The molecule has 2 rings (SSSR count). The van der Waals surface area contributed by atoms with Crippen LogP contribution >= 0.6 is 57.7 Å². The van der Waals surface area contributed by atoms with Gasteiger partial charge in [0.25, 0.3) is 0 Å². The second-order valence-electron chi connectivity index (χ2n) is 3.77. The van der Waals surface area contributed by atoms with Gasteiger partial charge in [-0.15, -0.1) is 11.3 Å². The van der Waals surface area contributed by atoms with Crippen LogP contribution < -0.4 is 0 Å². The zero-order valence-corrected chi connectivity index (χ0v) is 13.3. The van der Waals surface area contributed by atoms with Gasteiger partial charge in [-0.25, -0.2) is 4.79 Å². The highest BCUT2D eigenvalue weighted by molar-refractivity contribution is 7.17. The van der Waals surface area contributed by atoms with Crippen LogP contribution in [-0.2, 0) is 0 Å². The second kappa shape index (κ2) is 5.51. The molecule has 0 saturated carbocycles. The molecule has 19 heavy (non-hydrogen) atoms. The van der Waals surface area contributed by atoms with E-state index in [0.29, 0.717) is 10.4 Å². The Morgan fingerprint density at radius 3 is 2.05 bits per heavy atom. The fourth-order valence-electron chi connectivity index (χ4n) is 1.61. The summed E-state index contributed by atoms with van der Waals surface area (Å²) in [7, 11) is 0. The van der Waals surface area contributed by atoms with Crippen molar-refractivity contribution in [3.05, 3.63) is 42.7 Å². The zero-order valence-electron chi connectivity index (χ0n) is 9.43. The third-order valence-electron chi connectivity index (χ3n) is 2.47. The normalized spacial score (nSPS) is 10.8. The first kappa shape index (κ1) is 14.9. The summed E-state index contributed by atoms with van der Waals surface area (Å²) in [5.74, 6) is -1.00. The smallest absolute Gasteiger partial charge is 0.345 e. The molecule has 1 heterocycles. The summed E-state index contributed by atoms with van der Waals surface area (Å²) in [6.07, 6.45) is 0. The van der Waals surface area contributed by atoms with Gasteiger partial charge in [0.05, 0.1) is 20.1 Å². The molecule has 0 atom stereocenters. The van der Waals surface area contributed by atoms with Crippen molar-refractivity contribution >= 4 is 63.7 Å². The van der Waals surface area contributed by atoms with Crippen molar-refractivity contribution in [2.24, 2.45) is 0 Å². The van der Waals surface area contributed by atoms with Gasteiger partial charge in [-0.2, -0.15) is 0 Å². The molecule has 0 unspecified atom stereocenters. The Balaban J connectivity index is 2.75. The minimum atomic E-state index is -1.00. The van der Waals surface area contributed by atoms with Crippen LogP contribution in [0.25, 0.3) is 10.4 Å². The summed E-state index contributed by atoms with van der Waals surface area (Å²) in [6.45, 7) is 1.78. The maximum atomic E-state index is 11.0. The summed E-state index contributed by atoms with van der Waals surface area (Å²) < 4.78 is 0. The Morgan fingerprint density at radius 1 is 1.11 bits per heavy atom. The average Bonchev–Trinajstić information content (AvgIpc) is 2.70. The molecule has 0 fully saturated rings. The predicted octanol–water partition coefficient (Wildman–Crippen LogP) is 6.04. The van der Waals surface area contributed by atoms with Crippen LogP contribution in [0.3, 0.4) is 0 Å². The van der Waals surface area contributed by atoms with Crippen molar-refractivity contribution < 1.29 is 9.90 Å². The Hall–Kier alpha value is -0.450. The molecular weight excluding hydrogens is 350 g/mol. The molecule has 0 aliphatic rings. The SMILES string of the molecule is Cc1cc(C(=O)O)sc1-c1c(Cl)c(Cl)cc(Cl)c1Cl. The average molecular weight is 356 g/mol. The van der Waals surface area contributed by atoms with Gasteiger partial charge < -0.3 is 5.11 Å². The molecule has 0 aliphatic heterocycles. The van der Waals surface area contributed by atoms with E-state index in [9.17, 15) is 4.79 Å². The Labute approximate surface area is 133 Å². The highest BCUT2D eigenvalue weighted by Crippen LogP contribution is 2.46. The van der Waals surface area contributed by atoms with Gasteiger partial charge in [-0.1, -0.05) is 46.4 Å². The molecule has 0 spiro atoms. The standard InChI is InChI=1S/C12H6Cl4O2S/c1-4-2-7(12(17)18)19-11(4)8-9(15)5(13)3-6(14)10(8)16/h2-3H,1H3,(H,17,18). The van der Waals surface area contributed by atoms with E-state index in [1.54, 1.807) is 13.0 Å². The maximum absolute atomic E-state index is 11.0. The molecule has 0 amide bonds. The molecule has 0 bridgehead atoms. The quantitative estimate of drug-likeness (QED) is 0.667. The lowest BCUT2D eigenvalue weighted by Gasteiger charge is -2.09. The zero-order chi connectivity index (χ0) is 14.3. The predicted molar refractivity (Wildman–Crippen MR) is 81.5 cm³/mol. The number of rotatable bonds is 2. The van der Waals surface area contributed by atoms with Gasteiger partial charge in [-0.3, -0.25) is 0 Å². The number of carboxylic acids is 1. The van der Waals surface area contributed by atoms with E-state index < -0.39 is 5.97 Å². The molecule has 0 radical (unpaired) electrons. The fraction of sp³-hybridized carbons (Fsp3) is 0.0833. The molecule has 1 aromatic carbocycles. The molecule has 7 heteroatoms. The van der Waals surface area contributed by atoms with Crippen molar-refractivity contribution in [1.29, 1.82) is 0 Å². The van der Waals surface area contributed by atoms with Crippen molar-refractivity contribution in [2.45, 2.75) is 6.92 Å². The molecular formula is C12H6Cl4O2S. The van der Waals surface area contributed by atoms with Gasteiger partial charge >= 0.3 is 5.97 Å². The van der Waals surface area contributed by atoms with Crippen molar-refractivity contribution in [1.82, 2.24) is 0 Å². The van der Waals surface area contributed by atoms with E-state index in [2.05, 4.69) is 0 Å². The lowest BCUT2D eigenvalue weighted by molar-refractivity contribution is 0.0702. The molecule has 0 saturated heterocycles. The third-order valence-corrected chi connectivity index (χ3v) is 5.28. The first-order chi connectivity index (χ1) is 8.82. The van der Waals surface area contributed by atoms with Gasteiger partial charge in [-0.05, 0) is 24.6 Å². The van der Waals surface area contributed by atoms with Gasteiger partial charge in [0, 0.05) is 10.4 Å². The van der Waals surface area contributed by atoms with Crippen molar-refractivity contribution in [2.75, 3.05) is 0 Å². The molecule has 100 valence electrons. The Bertz CT molecular complexity index is 653. The van der Waals surface area contributed by atoms with Crippen LogP contribution in [0.1, 0.15) is 15.2 Å². The summed E-state index contributed by atoms with van der Waals surface area (Å²) >= 11 is 25.3. The Morgan fingerprint density at radius 2 is 1.63 bits per heavy atom. The van der Waals surface area contributed by atoms with Crippen LogP contribution in [0.4, 0.5) is 0 Å². The van der Waals surface area contributed by atoms with Crippen LogP contribution in [0.2, 0.25) is 20.1 Å². The molecule has 1 aromatic heterocycles. The molecule has 2 aromatic rings. The summed E-state index contributed by atoms with van der Waals surface area (Å²) in [4.78, 5) is 11.8.